The number of hydrogen-bond acceptors (Lipinski definition) is 5. The second-order valence-corrected chi connectivity index (χ2v) is 8.80. The maximum Gasteiger partial charge on any atom is 0.240 e. The normalized spacial score (nSPS) is 16.9. The molecule has 139 valence electrons. The highest BCUT2D eigenvalue weighted by molar-refractivity contribution is 7.22. The highest BCUT2D eigenvalue weighted by atomic mass is 32.1. The first-order chi connectivity index (χ1) is 13.7. The van der Waals surface area contributed by atoms with Crippen molar-refractivity contribution < 1.29 is 4.79 Å². The van der Waals surface area contributed by atoms with Gasteiger partial charge < -0.3 is 5.73 Å². The van der Waals surface area contributed by atoms with Crippen LogP contribution in [0.1, 0.15) is 22.0 Å². The predicted octanol–water partition coefficient (Wildman–Crippen LogP) is 4.41. The molecule has 1 amide bonds. The van der Waals surface area contributed by atoms with Crippen LogP contribution < -0.4 is 5.73 Å². The third-order valence-corrected chi connectivity index (χ3v) is 7.18. The number of fused-ring (bicyclic) bond motifs is 2. The van der Waals surface area contributed by atoms with Gasteiger partial charge in [0.05, 0.1) is 15.6 Å². The van der Waals surface area contributed by atoms with Gasteiger partial charge in [0.2, 0.25) is 5.91 Å². The Hall–Kier alpha value is -2.54. The summed E-state index contributed by atoms with van der Waals surface area (Å²) in [5.74, 6) is -0.303. The molecule has 0 bridgehead atoms. The van der Waals surface area contributed by atoms with Gasteiger partial charge in [0, 0.05) is 23.5 Å². The number of nitrogens with zero attached hydrogens (tertiary/aromatic N) is 2. The van der Waals surface area contributed by atoms with Gasteiger partial charge in [0.1, 0.15) is 11.0 Å². The number of amides is 1. The molecule has 0 fully saturated rings. The first kappa shape index (κ1) is 17.6. The van der Waals surface area contributed by atoms with Crippen LogP contribution in [-0.4, -0.2) is 22.3 Å². The Balaban J connectivity index is 1.52. The second kappa shape index (κ2) is 7.13. The Morgan fingerprint density at radius 1 is 1.18 bits per heavy atom. The van der Waals surface area contributed by atoms with Crippen LogP contribution in [0.5, 0.6) is 0 Å². The predicted molar refractivity (Wildman–Crippen MR) is 114 cm³/mol. The van der Waals surface area contributed by atoms with Gasteiger partial charge in [-0.1, -0.05) is 42.5 Å². The summed E-state index contributed by atoms with van der Waals surface area (Å²) in [6, 6.07) is 18.0. The van der Waals surface area contributed by atoms with E-state index < -0.39 is 6.04 Å². The van der Waals surface area contributed by atoms with Crippen molar-refractivity contribution in [2.75, 3.05) is 6.54 Å². The van der Waals surface area contributed by atoms with Crippen LogP contribution in [0.3, 0.4) is 0 Å². The summed E-state index contributed by atoms with van der Waals surface area (Å²) in [4.78, 5) is 20.3. The second-order valence-electron chi connectivity index (χ2n) is 6.92. The van der Waals surface area contributed by atoms with E-state index in [0.29, 0.717) is 6.54 Å². The van der Waals surface area contributed by atoms with Crippen LogP contribution >= 0.6 is 22.7 Å². The quantitative estimate of drug-likeness (QED) is 0.548. The molecule has 0 spiro atoms. The minimum absolute atomic E-state index is 0.303. The minimum atomic E-state index is -0.409. The molecule has 28 heavy (non-hydrogen) atoms. The number of carbonyl (C=O) groups excluding carboxylic acids is 1. The van der Waals surface area contributed by atoms with Gasteiger partial charge in [-0.15, -0.1) is 22.7 Å². The summed E-state index contributed by atoms with van der Waals surface area (Å²) in [7, 11) is 0. The SMILES string of the molecule is NC(=O)C1c2s[c]c(-c3nc4ccccc4s3)c2CCN1Cc1ccccc1. The van der Waals surface area contributed by atoms with Gasteiger partial charge in [-0.05, 0) is 29.7 Å². The highest BCUT2D eigenvalue weighted by Gasteiger charge is 2.35. The average Bonchev–Trinajstić information content (AvgIpc) is 3.32. The van der Waals surface area contributed by atoms with Crippen LogP contribution in [-0.2, 0) is 17.8 Å². The fourth-order valence-corrected chi connectivity index (χ4v) is 6.02. The van der Waals surface area contributed by atoms with Gasteiger partial charge in [0.15, 0.2) is 0 Å². The third-order valence-electron chi connectivity index (χ3n) is 5.13. The number of thiazole rings is 1. The van der Waals surface area contributed by atoms with Crippen molar-refractivity contribution in [1.82, 2.24) is 9.88 Å². The minimum Gasteiger partial charge on any atom is -0.368 e. The van der Waals surface area contributed by atoms with Crippen molar-refractivity contribution in [1.29, 1.82) is 0 Å². The van der Waals surface area contributed by atoms with Crippen LogP contribution in [0.2, 0.25) is 0 Å². The third kappa shape index (κ3) is 3.03. The zero-order valence-electron chi connectivity index (χ0n) is 15.1. The molecule has 4 nitrogen and oxygen atoms in total. The number of hydrogen-bond donors (Lipinski definition) is 1. The van der Waals surface area contributed by atoms with E-state index in [1.807, 2.05) is 36.4 Å². The van der Waals surface area contributed by atoms with E-state index >= 15 is 0 Å². The van der Waals surface area contributed by atoms with Crippen molar-refractivity contribution in [3.63, 3.8) is 0 Å². The zero-order chi connectivity index (χ0) is 19.1. The van der Waals surface area contributed by atoms with E-state index in [1.54, 1.807) is 11.3 Å². The van der Waals surface area contributed by atoms with E-state index in [-0.39, 0.29) is 5.91 Å². The number of primary amides is 1. The molecule has 4 aromatic rings. The van der Waals surface area contributed by atoms with Crippen molar-refractivity contribution in [2.45, 2.75) is 19.0 Å². The molecular weight excluding hydrogens is 386 g/mol. The lowest BCUT2D eigenvalue weighted by Crippen LogP contribution is -2.41. The molecule has 2 N–H and O–H groups in total. The van der Waals surface area contributed by atoms with Gasteiger partial charge >= 0.3 is 0 Å². The molecule has 1 aliphatic rings. The summed E-state index contributed by atoms with van der Waals surface area (Å²) < 4.78 is 1.17. The number of aromatic nitrogens is 1. The number of rotatable bonds is 4. The Morgan fingerprint density at radius 3 is 2.75 bits per heavy atom. The zero-order valence-corrected chi connectivity index (χ0v) is 16.7. The summed E-state index contributed by atoms with van der Waals surface area (Å²) >= 11 is 3.18. The Kier molecular flexibility index (Phi) is 4.47. The molecule has 6 heteroatoms. The number of nitrogens with two attached hydrogens (primary N) is 1. The number of benzene rings is 2. The monoisotopic (exact) mass is 404 g/mol. The van der Waals surface area contributed by atoms with Crippen LogP contribution in [0.15, 0.2) is 54.6 Å². The summed E-state index contributed by atoms with van der Waals surface area (Å²) in [5, 5.41) is 4.39. The maximum absolute atomic E-state index is 12.4. The molecule has 1 radical (unpaired) electrons. The lowest BCUT2D eigenvalue weighted by atomic mass is 9.97. The van der Waals surface area contributed by atoms with Crippen molar-refractivity contribution in [2.24, 2.45) is 5.73 Å². The van der Waals surface area contributed by atoms with Crippen molar-refractivity contribution in [3.8, 4) is 10.6 Å². The Morgan fingerprint density at radius 2 is 1.96 bits per heavy atom. The largest absolute Gasteiger partial charge is 0.368 e. The van der Waals surface area contributed by atoms with Crippen LogP contribution in [0, 0.1) is 5.38 Å². The molecule has 1 aliphatic heterocycles. The van der Waals surface area contributed by atoms with E-state index in [4.69, 9.17) is 10.7 Å². The average molecular weight is 405 g/mol. The molecule has 2 aromatic carbocycles. The van der Waals surface area contributed by atoms with Crippen molar-refractivity contribution in [3.05, 3.63) is 76.0 Å². The van der Waals surface area contributed by atoms with Gasteiger partial charge in [-0.25, -0.2) is 4.98 Å². The number of para-hydroxylation sites is 1. The summed E-state index contributed by atoms with van der Waals surface area (Å²) in [6.07, 6.45) is 0.872. The Bertz CT molecular complexity index is 1120. The number of thiophene rings is 1. The maximum atomic E-state index is 12.4. The summed E-state index contributed by atoms with van der Waals surface area (Å²) in [6.45, 7) is 1.50. The molecule has 3 heterocycles. The smallest absolute Gasteiger partial charge is 0.240 e. The summed E-state index contributed by atoms with van der Waals surface area (Å²) in [5.41, 5.74) is 10.2. The standard InChI is InChI=1S/C22H18N3OS2/c23-21(26)19-20-15(10-11-25(19)12-14-6-2-1-3-7-14)16(13-27-20)22-24-17-8-4-5-9-18(17)28-22/h1-9,19H,10-12H2,(H2,23,26). The van der Waals surface area contributed by atoms with Gasteiger partial charge in [0.25, 0.3) is 0 Å². The molecule has 1 atom stereocenters. The van der Waals surface area contributed by atoms with E-state index in [2.05, 4.69) is 28.5 Å². The highest BCUT2D eigenvalue weighted by Crippen LogP contribution is 2.42. The van der Waals surface area contributed by atoms with Crippen molar-refractivity contribution >= 4 is 38.8 Å². The van der Waals surface area contributed by atoms with E-state index in [0.717, 1.165) is 33.9 Å². The van der Waals surface area contributed by atoms with Gasteiger partial charge in [-0.2, -0.15) is 0 Å². The molecule has 0 aliphatic carbocycles. The molecule has 1 unspecified atom stereocenters. The molecule has 0 saturated carbocycles. The van der Waals surface area contributed by atoms with E-state index in [1.165, 1.54) is 27.2 Å². The van der Waals surface area contributed by atoms with Crippen LogP contribution in [0.25, 0.3) is 20.8 Å². The Labute approximate surface area is 171 Å². The molecular formula is C22H18N3OS2. The first-order valence-electron chi connectivity index (χ1n) is 9.17. The van der Waals surface area contributed by atoms with Gasteiger partial charge in [-0.3, -0.25) is 9.69 Å². The lowest BCUT2D eigenvalue weighted by Gasteiger charge is -2.34. The van der Waals surface area contributed by atoms with E-state index in [9.17, 15) is 4.79 Å². The lowest BCUT2D eigenvalue weighted by molar-refractivity contribution is -0.123. The first-order valence-corrected chi connectivity index (χ1v) is 10.8. The molecule has 2 aromatic heterocycles. The fraction of sp³-hybridized carbons (Fsp3) is 0.182. The topological polar surface area (TPSA) is 59.2 Å². The van der Waals surface area contributed by atoms with Crippen LogP contribution in [0.4, 0.5) is 0 Å². The molecule has 0 saturated heterocycles. The molecule has 5 rings (SSSR count). The number of carbonyl (C=O) groups is 1. The fourth-order valence-electron chi connectivity index (χ4n) is 3.82.